The summed E-state index contributed by atoms with van der Waals surface area (Å²) in [5.74, 6) is -0.972. The number of benzene rings is 2. The number of sulfone groups is 1. The summed E-state index contributed by atoms with van der Waals surface area (Å²) in [6, 6.07) is 8.93. The van der Waals surface area contributed by atoms with Crippen LogP contribution in [-0.4, -0.2) is 32.9 Å². The van der Waals surface area contributed by atoms with Gasteiger partial charge >= 0.3 is 5.51 Å². The summed E-state index contributed by atoms with van der Waals surface area (Å²) in [7, 11) is -4.36. The highest BCUT2D eigenvalue weighted by Crippen LogP contribution is 2.34. The topological polar surface area (TPSA) is 102 Å². The third-order valence-electron chi connectivity index (χ3n) is 3.70. The van der Waals surface area contributed by atoms with E-state index in [1.807, 2.05) is 0 Å². The van der Waals surface area contributed by atoms with Crippen molar-refractivity contribution in [3.8, 4) is 5.75 Å². The summed E-state index contributed by atoms with van der Waals surface area (Å²) in [5, 5.41) is 4.88. The molecular weight excluding hydrogens is 425 g/mol. The summed E-state index contributed by atoms with van der Waals surface area (Å²) >= 11 is 0. The Hall–Kier alpha value is -3.34. The Morgan fingerprint density at radius 2 is 1.67 bits per heavy atom. The zero-order valence-electron chi connectivity index (χ0n) is 15.8. The van der Waals surface area contributed by atoms with Crippen LogP contribution in [0.4, 0.5) is 24.5 Å². The zero-order valence-corrected chi connectivity index (χ0v) is 16.6. The van der Waals surface area contributed by atoms with Crippen LogP contribution in [0.2, 0.25) is 0 Å². The second-order valence-electron chi connectivity index (χ2n) is 5.94. The molecule has 11 heteroatoms. The van der Waals surface area contributed by atoms with Gasteiger partial charge in [-0.25, -0.2) is 8.42 Å². The van der Waals surface area contributed by atoms with E-state index in [4.69, 9.17) is 4.74 Å². The average Bonchev–Trinajstić information content (AvgIpc) is 2.66. The van der Waals surface area contributed by atoms with Crippen LogP contribution in [0, 0.1) is 0 Å². The highest BCUT2D eigenvalue weighted by Gasteiger charge is 2.47. The molecule has 160 valence electrons. The predicted molar refractivity (Wildman–Crippen MR) is 105 cm³/mol. The number of amides is 2. The van der Waals surface area contributed by atoms with Gasteiger partial charge in [0.2, 0.25) is 11.8 Å². The van der Waals surface area contributed by atoms with Crippen LogP contribution in [0.15, 0.2) is 53.4 Å². The third-order valence-corrected chi connectivity index (χ3v) is 5.19. The molecule has 2 aromatic carbocycles. The van der Waals surface area contributed by atoms with Gasteiger partial charge < -0.3 is 15.4 Å². The van der Waals surface area contributed by atoms with Gasteiger partial charge in [-0.3, -0.25) is 9.59 Å². The smallest absolute Gasteiger partial charge is 0.495 e. The van der Waals surface area contributed by atoms with Gasteiger partial charge in [-0.1, -0.05) is 12.1 Å². The molecule has 2 rings (SSSR count). The van der Waals surface area contributed by atoms with Crippen LogP contribution in [0.3, 0.4) is 0 Å². The van der Waals surface area contributed by atoms with E-state index in [9.17, 15) is 31.2 Å². The lowest BCUT2D eigenvalue weighted by molar-refractivity contribution is -0.114. The molecule has 0 saturated heterocycles. The van der Waals surface area contributed by atoms with Crippen molar-refractivity contribution in [2.24, 2.45) is 0 Å². The van der Waals surface area contributed by atoms with Crippen LogP contribution in [0.5, 0.6) is 5.75 Å². The van der Waals surface area contributed by atoms with Crippen LogP contribution < -0.4 is 15.4 Å². The van der Waals surface area contributed by atoms with Gasteiger partial charge in [0, 0.05) is 18.7 Å². The number of anilines is 2. The van der Waals surface area contributed by atoms with Crippen molar-refractivity contribution in [2.75, 3.05) is 17.7 Å². The Morgan fingerprint density at radius 3 is 2.20 bits per heavy atom. The minimum Gasteiger partial charge on any atom is -0.495 e. The van der Waals surface area contributed by atoms with Crippen molar-refractivity contribution >= 4 is 39.1 Å². The molecule has 0 spiro atoms. The molecule has 0 heterocycles. The summed E-state index contributed by atoms with van der Waals surface area (Å²) < 4.78 is 66.4. The number of ether oxygens (including phenoxy) is 1. The molecule has 0 saturated carbocycles. The molecule has 2 aromatic rings. The minimum atomic E-state index is -5.58. The fourth-order valence-electron chi connectivity index (χ4n) is 2.31. The first-order valence-electron chi connectivity index (χ1n) is 8.30. The molecule has 0 fully saturated rings. The molecule has 30 heavy (non-hydrogen) atoms. The fourth-order valence-corrected chi connectivity index (χ4v) is 3.10. The first-order valence-corrected chi connectivity index (χ1v) is 9.78. The maximum atomic E-state index is 12.8. The van der Waals surface area contributed by atoms with Crippen molar-refractivity contribution in [1.29, 1.82) is 0 Å². The highest BCUT2D eigenvalue weighted by atomic mass is 32.2. The first kappa shape index (κ1) is 22.9. The largest absolute Gasteiger partial charge is 0.501 e. The molecule has 0 atom stereocenters. The average molecular weight is 442 g/mol. The van der Waals surface area contributed by atoms with Gasteiger partial charge in [-0.15, -0.1) is 0 Å². The number of methoxy groups -OCH3 is 1. The third kappa shape index (κ3) is 5.60. The van der Waals surface area contributed by atoms with Crippen molar-refractivity contribution < 1.29 is 35.9 Å². The zero-order chi connectivity index (χ0) is 22.5. The number of halogens is 3. The molecule has 0 radical (unpaired) electrons. The Kier molecular flexibility index (Phi) is 6.88. The maximum Gasteiger partial charge on any atom is 0.501 e. The van der Waals surface area contributed by atoms with Crippen LogP contribution in [0.25, 0.3) is 6.08 Å². The number of alkyl halides is 3. The molecule has 0 aliphatic heterocycles. The Balaban J connectivity index is 2.20. The lowest BCUT2D eigenvalue weighted by Gasteiger charge is -2.13. The van der Waals surface area contributed by atoms with E-state index in [0.29, 0.717) is 17.3 Å². The molecule has 0 aliphatic rings. The van der Waals surface area contributed by atoms with Crippen molar-refractivity contribution in [3.05, 3.63) is 54.1 Å². The fraction of sp³-hybridized carbons (Fsp3) is 0.158. The monoisotopic (exact) mass is 442 g/mol. The van der Waals surface area contributed by atoms with E-state index in [1.54, 1.807) is 24.3 Å². The lowest BCUT2D eigenvalue weighted by Crippen LogP contribution is -2.23. The quantitative estimate of drug-likeness (QED) is 0.666. The van der Waals surface area contributed by atoms with Crippen LogP contribution in [0.1, 0.15) is 12.5 Å². The minimum absolute atomic E-state index is 0.0162. The molecule has 0 bridgehead atoms. The molecule has 0 unspecified atom stereocenters. The maximum absolute atomic E-state index is 12.8. The summed E-state index contributed by atoms with van der Waals surface area (Å²) in [6.45, 7) is 1.36. The molecule has 2 N–H and O–H groups in total. The van der Waals surface area contributed by atoms with Gasteiger partial charge in [-0.2, -0.15) is 13.2 Å². The van der Waals surface area contributed by atoms with Gasteiger partial charge in [0.25, 0.3) is 9.84 Å². The first-order chi connectivity index (χ1) is 13.9. The normalized spacial score (nSPS) is 11.9. The van der Waals surface area contributed by atoms with E-state index >= 15 is 0 Å². The lowest BCUT2D eigenvalue weighted by atomic mass is 10.2. The number of rotatable bonds is 6. The number of nitrogens with one attached hydrogen (secondary N) is 2. The second-order valence-corrected chi connectivity index (χ2v) is 7.88. The second kappa shape index (κ2) is 8.99. The van der Waals surface area contributed by atoms with Gasteiger partial charge in [0.05, 0.1) is 17.7 Å². The molecular formula is C19H17F3N2O5S. The summed E-state index contributed by atoms with van der Waals surface area (Å²) in [6.07, 6.45) is 2.54. The number of hydrogen-bond acceptors (Lipinski definition) is 5. The predicted octanol–water partition coefficient (Wildman–Crippen LogP) is 3.60. The number of carbonyl (C=O) groups excluding carboxylic acids is 2. The number of hydrogen-bond donors (Lipinski definition) is 2. The van der Waals surface area contributed by atoms with Crippen LogP contribution in [-0.2, 0) is 19.4 Å². The Bertz CT molecular complexity index is 1080. The molecule has 7 nitrogen and oxygen atoms in total. The van der Waals surface area contributed by atoms with E-state index in [-0.39, 0.29) is 17.3 Å². The van der Waals surface area contributed by atoms with Crippen LogP contribution >= 0.6 is 0 Å². The van der Waals surface area contributed by atoms with Gasteiger partial charge in [-0.05, 0) is 42.0 Å². The van der Waals surface area contributed by atoms with Crippen molar-refractivity contribution in [2.45, 2.75) is 17.3 Å². The van der Waals surface area contributed by atoms with E-state index in [1.165, 1.54) is 20.1 Å². The van der Waals surface area contributed by atoms with Crippen molar-refractivity contribution in [1.82, 2.24) is 0 Å². The standard InChI is InChI=1S/C19H17F3N2O5S/c1-12(25)23-14-6-3-13(4-7-14)5-10-18(26)24-16-11-15(8-9-17(16)29-2)30(27,28)19(20,21)22/h3-11H,1-2H3,(H,23,25)(H,24,26)/b10-5+. The summed E-state index contributed by atoms with van der Waals surface area (Å²) in [4.78, 5) is 22.1. The van der Waals surface area contributed by atoms with Crippen molar-refractivity contribution in [3.63, 3.8) is 0 Å². The van der Waals surface area contributed by atoms with E-state index in [0.717, 1.165) is 18.2 Å². The molecule has 2 amide bonds. The van der Waals surface area contributed by atoms with Gasteiger partial charge in [0.15, 0.2) is 0 Å². The van der Waals surface area contributed by atoms with E-state index in [2.05, 4.69) is 10.6 Å². The molecule has 0 aromatic heterocycles. The summed E-state index contributed by atoms with van der Waals surface area (Å²) in [5.41, 5.74) is -4.54. The SMILES string of the molecule is COc1ccc(S(=O)(=O)C(F)(F)F)cc1NC(=O)/C=C/c1ccc(NC(C)=O)cc1. The van der Waals surface area contributed by atoms with E-state index < -0.39 is 26.1 Å². The highest BCUT2D eigenvalue weighted by molar-refractivity contribution is 7.92. The van der Waals surface area contributed by atoms with Gasteiger partial charge in [0.1, 0.15) is 5.75 Å². The Labute approximate surface area is 170 Å². The molecule has 0 aliphatic carbocycles. The number of carbonyl (C=O) groups is 2. The Morgan fingerprint density at radius 1 is 1.03 bits per heavy atom.